The molecule has 0 saturated heterocycles. The van der Waals surface area contributed by atoms with Gasteiger partial charge >= 0.3 is 6.18 Å². The number of sulfonamides is 1. The maximum Gasteiger partial charge on any atom is 0.416 e. The van der Waals surface area contributed by atoms with Gasteiger partial charge in [0.25, 0.3) is 0 Å². The summed E-state index contributed by atoms with van der Waals surface area (Å²) in [6.45, 7) is 3.14. The SMILES string of the molecule is C[C@H](CCc1ccccc1)NC(=O)[C@H](C)N(c1cccc(C(F)(F)F)c1)S(C)(=O)=O. The number of hydrogen-bond donors (Lipinski definition) is 1. The summed E-state index contributed by atoms with van der Waals surface area (Å²) in [4.78, 5) is 12.7. The van der Waals surface area contributed by atoms with Crippen LogP contribution in [0.15, 0.2) is 54.6 Å². The number of alkyl halides is 3. The standard InChI is InChI=1S/C21H25F3N2O3S/c1-15(12-13-17-8-5-4-6-9-17)25-20(27)16(2)26(30(3,28)29)19-11-7-10-18(14-19)21(22,23)24/h4-11,14-16H,12-13H2,1-3H3,(H,25,27)/t15-,16+/m1/s1. The number of rotatable bonds is 8. The number of hydrogen-bond acceptors (Lipinski definition) is 3. The van der Waals surface area contributed by atoms with E-state index in [0.717, 1.165) is 36.4 Å². The molecule has 2 aromatic rings. The fraction of sp³-hybridized carbons (Fsp3) is 0.381. The highest BCUT2D eigenvalue weighted by molar-refractivity contribution is 7.92. The zero-order valence-corrected chi connectivity index (χ0v) is 17.8. The van der Waals surface area contributed by atoms with Gasteiger partial charge in [0.05, 0.1) is 17.5 Å². The van der Waals surface area contributed by atoms with Crippen molar-refractivity contribution < 1.29 is 26.4 Å². The molecule has 164 valence electrons. The quantitative estimate of drug-likeness (QED) is 0.672. The first-order valence-electron chi connectivity index (χ1n) is 9.40. The molecule has 2 atom stereocenters. The Hall–Kier alpha value is -2.55. The zero-order valence-electron chi connectivity index (χ0n) is 17.0. The van der Waals surface area contributed by atoms with Crippen molar-refractivity contribution in [2.75, 3.05) is 10.6 Å². The van der Waals surface area contributed by atoms with Crippen molar-refractivity contribution in [3.8, 4) is 0 Å². The Labute approximate surface area is 175 Å². The highest BCUT2D eigenvalue weighted by Crippen LogP contribution is 2.32. The fourth-order valence-corrected chi connectivity index (χ4v) is 4.26. The smallest absolute Gasteiger partial charge is 0.352 e. The van der Waals surface area contributed by atoms with Crippen LogP contribution in [0.5, 0.6) is 0 Å². The Morgan fingerprint density at radius 1 is 1.07 bits per heavy atom. The lowest BCUT2D eigenvalue weighted by Crippen LogP contribution is -2.50. The predicted molar refractivity (Wildman–Crippen MR) is 111 cm³/mol. The lowest BCUT2D eigenvalue weighted by Gasteiger charge is -2.29. The largest absolute Gasteiger partial charge is 0.416 e. The first-order chi connectivity index (χ1) is 13.9. The van der Waals surface area contributed by atoms with Gasteiger partial charge in [-0.15, -0.1) is 0 Å². The first kappa shape index (κ1) is 23.7. The highest BCUT2D eigenvalue weighted by Gasteiger charge is 2.34. The third-order valence-electron chi connectivity index (χ3n) is 4.61. The minimum atomic E-state index is -4.63. The van der Waals surface area contributed by atoms with Crippen LogP contribution in [0, 0.1) is 0 Å². The molecule has 30 heavy (non-hydrogen) atoms. The van der Waals surface area contributed by atoms with Crippen LogP contribution in [-0.2, 0) is 27.4 Å². The van der Waals surface area contributed by atoms with Crippen molar-refractivity contribution in [1.29, 1.82) is 0 Å². The second kappa shape index (κ2) is 9.51. The van der Waals surface area contributed by atoms with E-state index in [4.69, 9.17) is 0 Å². The van der Waals surface area contributed by atoms with Gasteiger partial charge in [-0.1, -0.05) is 36.4 Å². The Morgan fingerprint density at radius 2 is 1.70 bits per heavy atom. The maximum atomic E-state index is 13.0. The van der Waals surface area contributed by atoms with Crippen molar-refractivity contribution in [1.82, 2.24) is 5.32 Å². The number of carbonyl (C=O) groups is 1. The maximum absolute atomic E-state index is 13.0. The van der Waals surface area contributed by atoms with Crippen LogP contribution in [0.2, 0.25) is 0 Å². The molecule has 1 N–H and O–H groups in total. The van der Waals surface area contributed by atoms with E-state index in [-0.39, 0.29) is 11.7 Å². The number of amides is 1. The fourth-order valence-electron chi connectivity index (χ4n) is 3.09. The Kier molecular flexibility index (Phi) is 7.52. The minimum Gasteiger partial charge on any atom is -0.352 e. The lowest BCUT2D eigenvalue weighted by molar-refractivity contribution is -0.137. The van der Waals surface area contributed by atoms with Crippen molar-refractivity contribution in [2.45, 2.75) is 44.9 Å². The Balaban J connectivity index is 2.15. The van der Waals surface area contributed by atoms with Gasteiger partial charge in [-0.2, -0.15) is 13.2 Å². The molecule has 2 aromatic carbocycles. The molecule has 0 fully saturated rings. The number of nitrogens with zero attached hydrogens (tertiary/aromatic N) is 1. The summed E-state index contributed by atoms with van der Waals surface area (Å²) in [5.41, 5.74) is -0.0993. The van der Waals surface area contributed by atoms with E-state index >= 15 is 0 Å². The Bertz CT molecular complexity index is 963. The van der Waals surface area contributed by atoms with E-state index in [1.807, 2.05) is 30.3 Å². The number of benzene rings is 2. The first-order valence-corrected chi connectivity index (χ1v) is 11.3. The molecule has 5 nitrogen and oxygen atoms in total. The van der Waals surface area contributed by atoms with Crippen LogP contribution in [0.4, 0.5) is 18.9 Å². The second-order valence-corrected chi connectivity index (χ2v) is 9.08. The molecule has 0 heterocycles. The van der Waals surface area contributed by atoms with Crippen molar-refractivity contribution in [2.24, 2.45) is 0 Å². The molecule has 0 aromatic heterocycles. The van der Waals surface area contributed by atoms with Gasteiger partial charge in [0, 0.05) is 6.04 Å². The van der Waals surface area contributed by atoms with Gasteiger partial charge in [-0.05, 0) is 50.5 Å². The van der Waals surface area contributed by atoms with E-state index in [2.05, 4.69) is 5.32 Å². The second-order valence-electron chi connectivity index (χ2n) is 7.22. The summed E-state index contributed by atoms with van der Waals surface area (Å²) in [6.07, 6.45) is -2.42. The molecule has 9 heteroatoms. The van der Waals surface area contributed by atoms with Gasteiger partial charge < -0.3 is 5.32 Å². The van der Waals surface area contributed by atoms with Crippen LogP contribution in [0.25, 0.3) is 0 Å². The molecule has 0 bridgehead atoms. The summed E-state index contributed by atoms with van der Waals surface area (Å²) in [7, 11) is -4.01. The van der Waals surface area contributed by atoms with E-state index in [0.29, 0.717) is 10.7 Å². The third kappa shape index (κ3) is 6.48. The van der Waals surface area contributed by atoms with Crippen LogP contribution >= 0.6 is 0 Å². The van der Waals surface area contributed by atoms with Crippen molar-refractivity contribution in [3.63, 3.8) is 0 Å². The monoisotopic (exact) mass is 442 g/mol. The van der Waals surface area contributed by atoms with Crippen molar-refractivity contribution in [3.05, 3.63) is 65.7 Å². The number of nitrogens with one attached hydrogen (secondary N) is 1. The number of carbonyl (C=O) groups excluding carboxylic acids is 1. The highest BCUT2D eigenvalue weighted by atomic mass is 32.2. The molecule has 1 amide bonds. The molecule has 0 aliphatic carbocycles. The molecule has 0 radical (unpaired) electrons. The predicted octanol–water partition coefficient (Wildman–Crippen LogP) is 4.00. The third-order valence-corrected chi connectivity index (χ3v) is 5.86. The average Bonchev–Trinajstić information content (AvgIpc) is 2.65. The molecule has 0 spiro atoms. The minimum absolute atomic E-state index is 0.216. The van der Waals surface area contributed by atoms with Gasteiger partial charge in [0.15, 0.2) is 0 Å². The molecular formula is C21H25F3N2O3S. The van der Waals surface area contributed by atoms with Crippen molar-refractivity contribution >= 4 is 21.6 Å². The topological polar surface area (TPSA) is 66.5 Å². The molecule has 0 saturated carbocycles. The van der Waals surface area contributed by atoms with Gasteiger partial charge in [0.2, 0.25) is 15.9 Å². The molecule has 0 aliphatic heterocycles. The molecule has 2 rings (SSSR count). The van der Waals surface area contributed by atoms with Crippen LogP contribution in [-0.4, -0.2) is 32.7 Å². The van der Waals surface area contributed by atoms with Crippen LogP contribution in [0.3, 0.4) is 0 Å². The lowest BCUT2D eigenvalue weighted by atomic mass is 10.1. The normalized spacial score (nSPS) is 14.1. The van der Waals surface area contributed by atoms with E-state index in [1.54, 1.807) is 6.92 Å². The van der Waals surface area contributed by atoms with Crippen LogP contribution in [0.1, 0.15) is 31.4 Å². The Morgan fingerprint density at radius 3 is 2.27 bits per heavy atom. The van der Waals surface area contributed by atoms with Crippen LogP contribution < -0.4 is 9.62 Å². The summed E-state index contributed by atoms with van der Waals surface area (Å²) in [6, 6.07) is 12.1. The molecule has 0 unspecified atom stereocenters. The number of anilines is 1. The summed E-state index contributed by atoms with van der Waals surface area (Å²) in [5, 5.41) is 2.75. The van der Waals surface area contributed by atoms with E-state index in [9.17, 15) is 26.4 Å². The van der Waals surface area contributed by atoms with E-state index < -0.39 is 33.7 Å². The molecule has 0 aliphatic rings. The number of halogens is 3. The summed E-state index contributed by atoms with van der Waals surface area (Å²) >= 11 is 0. The van der Waals surface area contributed by atoms with Gasteiger partial charge in [0.1, 0.15) is 6.04 Å². The van der Waals surface area contributed by atoms with Gasteiger partial charge in [-0.25, -0.2) is 8.42 Å². The summed E-state index contributed by atoms with van der Waals surface area (Å²) < 4.78 is 64.4. The zero-order chi connectivity index (χ0) is 22.5. The average molecular weight is 443 g/mol. The number of aryl methyl sites for hydroxylation is 1. The van der Waals surface area contributed by atoms with Gasteiger partial charge in [-0.3, -0.25) is 9.10 Å². The molecular weight excluding hydrogens is 417 g/mol. The summed E-state index contributed by atoms with van der Waals surface area (Å²) in [5.74, 6) is -0.585. The van der Waals surface area contributed by atoms with E-state index in [1.165, 1.54) is 13.0 Å².